The number of aromatic amines is 1. The van der Waals surface area contributed by atoms with Gasteiger partial charge in [-0.3, -0.25) is 4.98 Å². The van der Waals surface area contributed by atoms with Gasteiger partial charge in [0.25, 0.3) is 0 Å². The van der Waals surface area contributed by atoms with Crippen LogP contribution in [0.2, 0.25) is 0 Å². The van der Waals surface area contributed by atoms with Gasteiger partial charge in [-0.05, 0) is 87.3 Å². The number of nitrogens with one attached hydrogen (secondary N) is 2. The number of H-pyrrole nitrogens is 1. The quantitative estimate of drug-likeness (QED) is 0.276. The van der Waals surface area contributed by atoms with Gasteiger partial charge in [-0.2, -0.15) is 0 Å². The Balaban J connectivity index is 0.889. The van der Waals surface area contributed by atoms with Gasteiger partial charge >= 0.3 is 0 Å². The second kappa shape index (κ2) is 10.7. The van der Waals surface area contributed by atoms with E-state index in [1.54, 1.807) is 0 Å². The zero-order chi connectivity index (χ0) is 23.5. The molecule has 186 valence electrons. The fraction of sp³-hybridized carbons (Fsp3) is 0.519. The second-order valence-corrected chi connectivity index (χ2v) is 12.5. The number of ether oxygens (including phenoxy) is 2. The first-order chi connectivity index (χ1) is 17.2. The summed E-state index contributed by atoms with van der Waals surface area (Å²) in [6.07, 6.45) is 10.9. The predicted octanol–water partition coefficient (Wildman–Crippen LogP) is 5.51. The van der Waals surface area contributed by atoms with Crippen LogP contribution >= 0.6 is 23.7 Å². The van der Waals surface area contributed by atoms with E-state index in [1.807, 2.05) is 42.2 Å². The molecule has 2 aromatic heterocycles. The van der Waals surface area contributed by atoms with E-state index >= 15 is 0 Å². The van der Waals surface area contributed by atoms with Crippen molar-refractivity contribution in [2.75, 3.05) is 32.8 Å². The molecule has 1 unspecified atom stereocenters. The topological polar surface area (TPSA) is 62.4 Å². The van der Waals surface area contributed by atoms with E-state index in [0.29, 0.717) is 6.04 Å². The summed E-state index contributed by atoms with van der Waals surface area (Å²) < 4.78 is 14.8. The summed E-state index contributed by atoms with van der Waals surface area (Å²) in [5.41, 5.74) is 2.17. The number of nitrogens with zero attached hydrogens (tertiary/aromatic N) is 2. The highest BCUT2D eigenvalue weighted by molar-refractivity contribution is 8.00. The molecule has 6 nitrogen and oxygen atoms in total. The van der Waals surface area contributed by atoms with Crippen LogP contribution in [0.25, 0.3) is 11.0 Å². The van der Waals surface area contributed by atoms with Gasteiger partial charge in [-0.25, -0.2) is 4.31 Å². The van der Waals surface area contributed by atoms with E-state index in [-0.39, 0.29) is 5.60 Å². The van der Waals surface area contributed by atoms with Gasteiger partial charge in [0, 0.05) is 46.6 Å². The van der Waals surface area contributed by atoms with Crippen LogP contribution in [0.5, 0.6) is 5.75 Å². The van der Waals surface area contributed by atoms with Crippen LogP contribution in [-0.2, 0) is 4.74 Å². The Bertz CT molecular complexity index is 1130. The number of rotatable bonds is 10. The molecule has 3 aliphatic rings. The van der Waals surface area contributed by atoms with Crippen molar-refractivity contribution in [2.45, 2.75) is 65.2 Å². The Morgan fingerprint density at radius 1 is 1.17 bits per heavy atom. The van der Waals surface area contributed by atoms with Crippen molar-refractivity contribution in [1.29, 1.82) is 0 Å². The molecule has 1 saturated carbocycles. The molecule has 2 N–H and O–H groups in total. The molecule has 0 radical (unpaired) electrons. The van der Waals surface area contributed by atoms with Crippen molar-refractivity contribution in [3.63, 3.8) is 0 Å². The fourth-order valence-electron chi connectivity index (χ4n) is 5.01. The fourth-order valence-corrected chi connectivity index (χ4v) is 7.04. The van der Waals surface area contributed by atoms with Crippen molar-refractivity contribution >= 4 is 34.7 Å². The average molecular weight is 511 g/mol. The summed E-state index contributed by atoms with van der Waals surface area (Å²) in [4.78, 5) is 10.3. The van der Waals surface area contributed by atoms with E-state index in [1.165, 1.54) is 22.6 Å². The Morgan fingerprint density at radius 2 is 2.09 bits per heavy atom. The van der Waals surface area contributed by atoms with Crippen molar-refractivity contribution in [2.24, 2.45) is 0 Å². The van der Waals surface area contributed by atoms with Gasteiger partial charge in [0.15, 0.2) is 0 Å². The van der Waals surface area contributed by atoms with Crippen molar-refractivity contribution in [1.82, 2.24) is 19.6 Å². The number of hydrogen-bond acceptors (Lipinski definition) is 7. The maximum Gasteiger partial charge on any atom is 0.120 e. The number of pyridine rings is 1. The van der Waals surface area contributed by atoms with Gasteiger partial charge in [-0.1, -0.05) is 6.07 Å². The number of benzene rings is 1. The van der Waals surface area contributed by atoms with Crippen LogP contribution in [0, 0.1) is 0 Å². The third-order valence-corrected chi connectivity index (χ3v) is 9.49. The van der Waals surface area contributed by atoms with Crippen molar-refractivity contribution < 1.29 is 9.47 Å². The molecule has 1 aromatic carbocycles. The van der Waals surface area contributed by atoms with Crippen molar-refractivity contribution in [3.8, 4) is 5.75 Å². The smallest absolute Gasteiger partial charge is 0.120 e. The molecule has 4 heterocycles. The van der Waals surface area contributed by atoms with E-state index in [4.69, 9.17) is 9.47 Å². The number of hydrogen-bond donors (Lipinski definition) is 2. The predicted molar refractivity (Wildman–Crippen MR) is 143 cm³/mol. The largest absolute Gasteiger partial charge is 0.494 e. The first kappa shape index (κ1) is 23.7. The lowest BCUT2D eigenvalue weighted by molar-refractivity contribution is -0.0300. The minimum atomic E-state index is 0.0482. The Labute approximate surface area is 216 Å². The average Bonchev–Trinajstić information content (AvgIpc) is 3.41. The zero-order valence-corrected chi connectivity index (χ0v) is 21.7. The second-order valence-electron chi connectivity index (χ2n) is 9.95. The van der Waals surface area contributed by atoms with E-state index in [2.05, 4.69) is 49.9 Å². The summed E-state index contributed by atoms with van der Waals surface area (Å²) in [5.74, 6) is 0.993. The molecule has 0 amide bonds. The molecular weight excluding hydrogens is 476 g/mol. The normalized spacial score (nSPS) is 22.2. The highest BCUT2D eigenvalue weighted by Gasteiger charge is 2.42. The lowest BCUT2D eigenvalue weighted by atomic mass is 9.88. The molecule has 2 aliphatic heterocycles. The first-order valence-corrected chi connectivity index (χ1v) is 14.5. The third-order valence-electron chi connectivity index (χ3n) is 7.11. The number of fused-ring (bicyclic) bond motifs is 1. The summed E-state index contributed by atoms with van der Waals surface area (Å²) in [7, 11) is 0. The van der Waals surface area contributed by atoms with E-state index in [9.17, 15) is 0 Å². The van der Waals surface area contributed by atoms with E-state index in [0.717, 1.165) is 80.6 Å². The Hall–Kier alpha value is -1.71. The molecule has 0 bridgehead atoms. The van der Waals surface area contributed by atoms with Gasteiger partial charge in [0.1, 0.15) is 5.75 Å². The highest BCUT2D eigenvalue weighted by Crippen LogP contribution is 2.40. The van der Waals surface area contributed by atoms with Crippen molar-refractivity contribution in [3.05, 3.63) is 48.8 Å². The maximum absolute atomic E-state index is 6.37. The monoisotopic (exact) mass is 510 g/mol. The SMILES string of the molecule is c1cc(OCCCNC2COC3(CCN(Sc4cnc5cc[nH]c5c4)CC3)C2)cc(SC2CC2)c1. The maximum atomic E-state index is 6.37. The minimum absolute atomic E-state index is 0.0482. The van der Waals surface area contributed by atoms with Crippen LogP contribution in [0.4, 0.5) is 0 Å². The van der Waals surface area contributed by atoms with Gasteiger partial charge in [-0.15, -0.1) is 11.8 Å². The Morgan fingerprint density at radius 3 is 2.97 bits per heavy atom. The molecule has 35 heavy (non-hydrogen) atoms. The first-order valence-electron chi connectivity index (χ1n) is 12.9. The van der Waals surface area contributed by atoms with Gasteiger partial charge in [0.2, 0.25) is 0 Å². The summed E-state index contributed by atoms with van der Waals surface area (Å²) in [6, 6.07) is 13.2. The summed E-state index contributed by atoms with van der Waals surface area (Å²) >= 11 is 3.80. The lowest BCUT2D eigenvalue weighted by Crippen LogP contribution is -2.42. The highest BCUT2D eigenvalue weighted by atomic mass is 32.2. The molecular formula is C27H34N4O2S2. The zero-order valence-electron chi connectivity index (χ0n) is 20.1. The van der Waals surface area contributed by atoms with Crippen LogP contribution < -0.4 is 10.1 Å². The standard InChI is InChI=1S/C27H34N4O2S2/c1-3-21(15-23(4-1)34-22-5-6-22)32-14-2-10-28-20-17-27(33-19-20)8-12-31(13-9-27)35-24-16-26-25(30-18-24)7-11-29-26/h1,3-4,7,11,15-16,18,20,22,28-29H,2,5-6,8-10,12-14,17,19H2. The molecule has 1 aliphatic carbocycles. The molecule has 6 rings (SSSR count). The minimum Gasteiger partial charge on any atom is -0.494 e. The molecule has 1 spiro atoms. The van der Waals surface area contributed by atoms with Crippen LogP contribution in [0.15, 0.2) is 58.6 Å². The molecule has 8 heteroatoms. The number of aromatic nitrogens is 2. The van der Waals surface area contributed by atoms with Gasteiger partial charge < -0.3 is 19.8 Å². The number of thioether (sulfide) groups is 1. The lowest BCUT2D eigenvalue weighted by Gasteiger charge is -2.38. The molecule has 2 saturated heterocycles. The molecule has 1 atom stereocenters. The summed E-state index contributed by atoms with van der Waals surface area (Å²) in [6.45, 7) is 4.63. The van der Waals surface area contributed by atoms with Crippen LogP contribution in [0.1, 0.15) is 38.5 Å². The summed E-state index contributed by atoms with van der Waals surface area (Å²) in [5, 5.41) is 4.54. The number of piperidine rings is 1. The van der Waals surface area contributed by atoms with Crippen LogP contribution in [-0.4, -0.2) is 64.0 Å². The van der Waals surface area contributed by atoms with E-state index < -0.39 is 0 Å². The van der Waals surface area contributed by atoms with Gasteiger partial charge in [0.05, 0.1) is 29.8 Å². The van der Waals surface area contributed by atoms with Crippen LogP contribution in [0.3, 0.4) is 0 Å². The third kappa shape index (κ3) is 6.17. The molecule has 3 fully saturated rings. The Kier molecular flexibility index (Phi) is 7.26. The molecule has 3 aromatic rings.